The summed E-state index contributed by atoms with van der Waals surface area (Å²) in [5.41, 5.74) is 0. The summed E-state index contributed by atoms with van der Waals surface area (Å²) in [6.07, 6.45) is 14.7. The van der Waals surface area contributed by atoms with Gasteiger partial charge in [-0.2, -0.15) is 0 Å². The van der Waals surface area contributed by atoms with Gasteiger partial charge in [0.2, 0.25) is 0 Å². The maximum atomic E-state index is 11.4. The van der Waals surface area contributed by atoms with E-state index in [1.54, 1.807) is 0 Å². The quantitative estimate of drug-likeness (QED) is 0.314. The van der Waals surface area contributed by atoms with Crippen molar-refractivity contribution in [3.05, 3.63) is 0 Å². The lowest BCUT2D eigenvalue weighted by Crippen LogP contribution is -2.06. The highest BCUT2D eigenvalue weighted by Crippen LogP contribution is 2.10. The number of carbonyl (C=O) groups is 1. The third-order valence-corrected chi connectivity index (χ3v) is 3.69. The summed E-state index contributed by atoms with van der Waals surface area (Å²) < 4.78 is 5.23. The van der Waals surface area contributed by atoms with E-state index in [-0.39, 0.29) is 12.1 Å². The lowest BCUT2D eigenvalue weighted by atomic mass is 10.1. The minimum Gasteiger partial charge on any atom is -0.466 e. The average molecular weight is 302 g/mol. The van der Waals surface area contributed by atoms with E-state index in [0.29, 0.717) is 18.9 Å². The van der Waals surface area contributed by atoms with E-state index in [2.05, 4.69) is 20.8 Å². The molecule has 0 radical (unpaired) electrons. The first-order chi connectivity index (χ1) is 9.66. The molecule has 0 spiro atoms. The second kappa shape index (κ2) is 17.5. The van der Waals surface area contributed by atoms with Gasteiger partial charge in [0.05, 0.1) is 6.61 Å². The Bertz CT molecular complexity index is 217. The summed E-state index contributed by atoms with van der Waals surface area (Å²) in [7, 11) is 0. The van der Waals surface area contributed by atoms with E-state index < -0.39 is 0 Å². The monoisotopic (exact) mass is 301 g/mol. The molecule has 0 unspecified atom stereocenters. The van der Waals surface area contributed by atoms with Crippen LogP contribution in [0.5, 0.6) is 0 Å². The molecule has 3 N–H and O–H groups in total. The van der Waals surface area contributed by atoms with Gasteiger partial charge in [0.1, 0.15) is 0 Å². The number of esters is 1. The molecule has 21 heavy (non-hydrogen) atoms. The third kappa shape index (κ3) is 19.4. The van der Waals surface area contributed by atoms with Crippen molar-refractivity contribution in [1.29, 1.82) is 0 Å². The molecule has 0 saturated carbocycles. The van der Waals surface area contributed by atoms with E-state index in [9.17, 15) is 4.79 Å². The summed E-state index contributed by atoms with van der Waals surface area (Å²) in [5.74, 6) is 0.564. The number of hydrogen-bond acceptors (Lipinski definition) is 3. The van der Waals surface area contributed by atoms with E-state index in [4.69, 9.17) is 4.74 Å². The molecule has 0 aromatic heterocycles. The van der Waals surface area contributed by atoms with Crippen LogP contribution in [0.15, 0.2) is 0 Å². The van der Waals surface area contributed by atoms with Crippen molar-refractivity contribution in [2.45, 2.75) is 97.8 Å². The average Bonchev–Trinajstić information content (AvgIpc) is 2.42. The third-order valence-electron chi connectivity index (χ3n) is 3.69. The SMILES string of the molecule is CCCCCCCCCCCCOC(=O)CCC(C)C.N. The van der Waals surface area contributed by atoms with Crippen molar-refractivity contribution in [1.82, 2.24) is 6.15 Å². The van der Waals surface area contributed by atoms with Crippen LogP contribution in [-0.2, 0) is 9.53 Å². The van der Waals surface area contributed by atoms with E-state index in [0.717, 1.165) is 12.8 Å². The lowest BCUT2D eigenvalue weighted by molar-refractivity contribution is -0.144. The standard InChI is InChI=1S/C18H36O2.H3N/c1-4-5-6-7-8-9-10-11-12-13-16-20-18(19)15-14-17(2)3;/h17H,4-16H2,1-3H3;1H3. The van der Waals surface area contributed by atoms with Crippen molar-refractivity contribution in [3.63, 3.8) is 0 Å². The fourth-order valence-electron chi connectivity index (χ4n) is 2.25. The zero-order chi connectivity index (χ0) is 15.1. The number of ether oxygens (including phenoxy) is 1. The van der Waals surface area contributed by atoms with Gasteiger partial charge in [-0.15, -0.1) is 0 Å². The van der Waals surface area contributed by atoms with Crippen LogP contribution in [-0.4, -0.2) is 12.6 Å². The van der Waals surface area contributed by atoms with Crippen LogP contribution in [0.4, 0.5) is 0 Å². The van der Waals surface area contributed by atoms with Gasteiger partial charge in [-0.05, 0) is 18.8 Å². The fraction of sp³-hybridized carbons (Fsp3) is 0.944. The predicted molar refractivity (Wildman–Crippen MR) is 91.9 cm³/mol. The second-order valence-electron chi connectivity index (χ2n) is 6.33. The van der Waals surface area contributed by atoms with E-state index in [1.807, 2.05) is 0 Å². The Morgan fingerprint density at radius 3 is 1.81 bits per heavy atom. The van der Waals surface area contributed by atoms with Crippen LogP contribution in [0.25, 0.3) is 0 Å². The minimum absolute atomic E-state index is 0. The topological polar surface area (TPSA) is 61.3 Å². The van der Waals surface area contributed by atoms with Crippen LogP contribution in [0.1, 0.15) is 97.8 Å². The highest BCUT2D eigenvalue weighted by molar-refractivity contribution is 5.69. The molecule has 0 fully saturated rings. The van der Waals surface area contributed by atoms with Crippen LogP contribution in [0, 0.1) is 5.92 Å². The van der Waals surface area contributed by atoms with Gasteiger partial charge in [-0.1, -0.05) is 78.6 Å². The fourth-order valence-corrected chi connectivity index (χ4v) is 2.25. The van der Waals surface area contributed by atoms with Crippen LogP contribution in [0.3, 0.4) is 0 Å². The molecule has 0 saturated heterocycles. The Labute approximate surface area is 132 Å². The van der Waals surface area contributed by atoms with Gasteiger partial charge >= 0.3 is 5.97 Å². The first-order valence-electron chi connectivity index (χ1n) is 8.82. The molecule has 0 atom stereocenters. The Balaban J connectivity index is 0. The normalized spacial score (nSPS) is 10.5. The van der Waals surface area contributed by atoms with Gasteiger partial charge < -0.3 is 10.9 Å². The largest absolute Gasteiger partial charge is 0.466 e. The maximum absolute atomic E-state index is 11.4. The summed E-state index contributed by atoms with van der Waals surface area (Å²) >= 11 is 0. The molecule has 0 aromatic carbocycles. The Morgan fingerprint density at radius 2 is 1.33 bits per heavy atom. The second-order valence-corrected chi connectivity index (χ2v) is 6.33. The van der Waals surface area contributed by atoms with Crippen molar-refractivity contribution < 1.29 is 9.53 Å². The number of unbranched alkanes of at least 4 members (excludes halogenated alkanes) is 9. The predicted octanol–water partition coefficient (Wildman–Crippen LogP) is 6.05. The molecule has 0 aliphatic rings. The molecule has 0 heterocycles. The zero-order valence-corrected chi connectivity index (χ0v) is 14.8. The highest BCUT2D eigenvalue weighted by Gasteiger charge is 2.04. The van der Waals surface area contributed by atoms with Crippen molar-refractivity contribution in [2.75, 3.05) is 6.61 Å². The molecule has 0 rings (SSSR count). The molecule has 0 aliphatic heterocycles. The molecule has 0 amide bonds. The first-order valence-corrected chi connectivity index (χ1v) is 8.82. The molecule has 3 nitrogen and oxygen atoms in total. The zero-order valence-electron chi connectivity index (χ0n) is 14.8. The summed E-state index contributed by atoms with van der Waals surface area (Å²) in [6, 6.07) is 0. The van der Waals surface area contributed by atoms with E-state index >= 15 is 0 Å². The number of rotatable bonds is 14. The lowest BCUT2D eigenvalue weighted by Gasteiger charge is -2.06. The number of hydrogen-bond donors (Lipinski definition) is 1. The maximum Gasteiger partial charge on any atom is 0.305 e. The smallest absolute Gasteiger partial charge is 0.305 e. The molecular weight excluding hydrogens is 262 g/mol. The van der Waals surface area contributed by atoms with E-state index in [1.165, 1.54) is 57.8 Å². The van der Waals surface area contributed by atoms with Gasteiger partial charge in [-0.25, -0.2) is 0 Å². The van der Waals surface area contributed by atoms with Gasteiger partial charge in [0.15, 0.2) is 0 Å². The summed E-state index contributed by atoms with van der Waals surface area (Å²) in [6.45, 7) is 7.15. The van der Waals surface area contributed by atoms with Crippen molar-refractivity contribution >= 4 is 5.97 Å². The molecule has 128 valence electrons. The molecular formula is C18H39NO2. The van der Waals surface area contributed by atoms with Crippen molar-refractivity contribution in [2.24, 2.45) is 5.92 Å². The van der Waals surface area contributed by atoms with Gasteiger partial charge in [-0.3, -0.25) is 4.79 Å². The number of carbonyl (C=O) groups excluding carboxylic acids is 1. The Kier molecular flexibility index (Phi) is 18.9. The van der Waals surface area contributed by atoms with Crippen LogP contribution in [0.2, 0.25) is 0 Å². The Morgan fingerprint density at radius 1 is 0.857 bits per heavy atom. The van der Waals surface area contributed by atoms with Crippen LogP contribution < -0.4 is 6.15 Å². The first kappa shape index (κ1) is 22.7. The molecule has 0 aromatic rings. The highest BCUT2D eigenvalue weighted by atomic mass is 16.5. The van der Waals surface area contributed by atoms with Gasteiger partial charge in [0.25, 0.3) is 0 Å². The molecule has 0 aliphatic carbocycles. The van der Waals surface area contributed by atoms with Crippen molar-refractivity contribution in [3.8, 4) is 0 Å². The summed E-state index contributed by atoms with van der Waals surface area (Å²) in [4.78, 5) is 11.4. The Hall–Kier alpha value is -0.570. The minimum atomic E-state index is -0.0189. The van der Waals surface area contributed by atoms with Crippen LogP contribution >= 0.6 is 0 Å². The molecule has 0 bridgehead atoms. The summed E-state index contributed by atoms with van der Waals surface area (Å²) in [5, 5.41) is 0. The van der Waals surface area contributed by atoms with Gasteiger partial charge in [0, 0.05) is 6.42 Å². The molecule has 3 heteroatoms.